The van der Waals surface area contributed by atoms with Crippen molar-refractivity contribution in [1.29, 1.82) is 0 Å². The van der Waals surface area contributed by atoms with Gasteiger partial charge in [-0.2, -0.15) is 0 Å². The van der Waals surface area contributed by atoms with Crippen LogP contribution >= 0.6 is 0 Å². The van der Waals surface area contributed by atoms with Crippen LogP contribution in [-0.4, -0.2) is 49.2 Å². The number of aromatic nitrogens is 2. The third-order valence-corrected chi connectivity index (χ3v) is 2.01. The average Bonchev–Trinajstić information content (AvgIpc) is 2.26. The second-order valence-corrected chi connectivity index (χ2v) is 3.21. The monoisotopic (exact) mass is 214 g/mol. The number of nitrogens with zero attached hydrogens (tertiary/aromatic N) is 2. The Labute approximate surface area is 86.9 Å². The van der Waals surface area contributed by atoms with Crippen LogP contribution in [0.15, 0.2) is 12.3 Å². The molecule has 0 aliphatic carbocycles. The van der Waals surface area contributed by atoms with E-state index in [9.17, 15) is 10.2 Å². The highest BCUT2D eigenvalue weighted by Crippen LogP contribution is 2.16. The summed E-state index contributed by atoms with van der Waals surface area (Å²) in [5.41, 5.74) is 0.211. The van der Waals surface area contributed by atoms with Crippen molar-refractivity contribution in [1.82, 2.24) is 9.97 Å². The van der Waals surface area contributed by atoms with Crippen LogP contribution in [0.1, 0.15) is 17.6 Å². The van der Waals surface area contributed by atoms with Gasteiger partial charge in [-0.15, -0.1) is 0 Å². The summed E-state index contributed by atoms with van der Waals surface area (Å²) in [7, 11) is 0. The van der Waals surface area contributed by atoms with E-state index in [1.807, 2.05) is 0 Å². The molecule has 0 amide bonds. The predicted octanol–water partition coefficient (Wildman–Crippen LogP) is -1.47. The SMILES string of the molecule is Cc1nccc([C@@H](O)[C@H](O)[C@H](O)CO)n1. The van der Waals surface area contributed by atoms with Crippen molar-refractivity contribution in [2.45, 2.75) is 25.2 Å². The molecule has 0 unspecified atom stereocenters. The first-order valence-corrected chi connectivity index (χ1v) is 4.51. The molecule has 1 aromatic heterocycles. The molecule has 0 fully saturated rings. The van der Waals surface area contributed by atoms with Crippen molar-refractivity contribution in [3.05, 3.63) is 23.8 Å². The topological polar surface area (TPSA) is 107 Å². The van der Waals surface area contributed by atoms with E-state index >= 15 is 0 Å². The van der Waals surface area contributed by atoms with Crippen molar-refractivity contribution < 1.29 is 20.4 Å². The number of aryl methyl sites for hydroxylation is 1. The Hall–Kier alpha value is -1.08. The first kappa shape index (κ1) is 12.0. The summed E-state index contributed by atoms with van der Waals surface area (Å²) >= 11 is 0. The Morgan fingerprint density at radius 3 is 2.53 bits per heavy atom. The first-order chi connectivity index (χ1) is 7.06. The fourth-order valence-electron chi connectivity index (χ4n) is 1.13. The smallest absolute Gasteiger partial charge is 0.125 e. The van der Waals surface area contributed by atoms with Gasteiger partial charge in [-0.25, -0.2) is 9.97 Å². The molecular formula is C9H14N2O4. The molecule has 15 heavy (non-hydrogen) atoms. The van der Waals surface area contributed by atoms with Gasteiger partial charge in [-0.1, -0.05) is 0 Å². The minimum atomic E-state index is -1.47. The highest BCUT2D eigenvalue weighted by Gasteiger charge is 2.26. The number of hydrogen-bond acceptors (Lipinski definition) is 6. The Morgan fingerprint density at radius 2 is 2.00 bits per heavy atom. The molecule has 0 spiro atoms. The second-order valence-electron chi connectivity index (χ2n) is 3.21. The quantitative estimate of drug-likeness (QED) is 0.487. The Kier molecular flexibility index (Phi) is 4.10. The van der Waals surface area contributed by atoms with E-state index in [2.05, 4.69) is 9.97 Å². The van der Waals surface area contributed by atoms with E-state index in [1.54, 1.807) is 6.92 Å². The van der Waals surface area contributed by atoms with Crippen molar-refractivity contribution in [2.24, 2.45) is 0 Å². The maximum atomic E-state index is 9.60. The van der Waals surface area contributed by atoms with Crippen LogP contribution in [0.25, 0.3) is 0 Å². The molecule has 4 N–H and O–H groups in total. The van der Waals surface area contributed by atoms with E-state index in [0.717, 1.165) is 0 Å². The number of aliphatic hydroxyl groups is 4. The van der Waals surface area contributed by atoms with Crippen LogP contribution in [0.4, 0.5) is 0 Å². The number of aliphatic hydroxyl groups excluding tert-OH is 4. The summed E-state index contributed by atoms with van der Waals surface area (Å²) in [6.45, 7) is 1.02. The van der Waals surface area contributed by atoms with E-state index < -0.39 is 24.9 Å². The molecule has 0 saturated carbocycles. The highest BCUT2D eigenvalue weighted by atomic mass is 16.4. The van der Waals surface area contributed by atoms with Gasteiger partial charge in [0.05, 0.1) is 12.3 Å². The molecule has 1 rings (SSSR count). The highest BCUT2D eigenvalue weighted by molar-refractivity contribution is 5.07. The maximum absolute atomic E-state index is 9.60. The summed E-state index contributed by atoms with van der Waals surface area (Å²) in [5, 5.41) is 36.7. The summed E-state index contributed by atoms with van der Waals surface area (Å²) < 4.78 is 0. The summed E-state index contributed by atoms with van der Waals surface area (Å²) in [5.74, 6) is 0.456. The molecule has 6 heteroatoms. The van der Waals surface area contributed by atoms with Crippen LogP contribution in [-0.2, 0) is 0 Å². The second kappa shape index (κ2) is 5.13. The Morgan fingerprint density at radius 1 is 1.33 bits per heavy atom. The lowest BCUT2D eigenvalue weighted by Gasteiger charge is -2.20. The maximum Gasteiger partial charge on any atom is 0.125 e. The van der Waals surface area contributed by atoms with Gasteiger partial charge < -0.3 is 20.4 Å². The van der Waals surface area contributed by atoms with E-state index in [4.69, 9.17) is 10.2 Å². The molecule has 0 radical (unpaired) electrons. The third-order valence-electron chi connectivity index (χ3n) is 2.01. The summed E-state index contributed by atoms with van der Waals surface area (Å²) in [6, 6.07) is 1.44. The van der Waals surface area contributed by atoms with Crippen LogP contribution in [0, 0.1) is 6.92 Å². The summed E-state index contributed by atoms with van der Waals surface area (Å²) in [4.78, 5) is 7.73. The molecule has 0 aliphatic heterocycles. The lowest BCUT2D eigenvalue weighted by molar-refractivity contribution is -0.0790. The molecule has 0 saturated heterocycles. The summed E-state index contributed by atoms with van der Waals surface area (Å²) in [6.07, 6.45) is -2.76. The zero-order chi connectivity index (χ0) is 11.4. The molecule has 0 aromatic carbocycles. The van der Waals surface area contributed by atoms with Crippen LogP contribution < -0.4 is 0 Å². The molecule has 84 valence electrons. The van der Waals surface area contributed by atoms with Crippen LogP contribution in [0.5, 0.6) is 0 Å². The van der Waals surface area contributed by atoms with Crippen molar-refractivity contribution in [3.63, 3.8) is 0 Å². The van der Waals surface area contributed by atoms with E-state index in [1.165, 1.54) is 12.3 Å². The molecule has 6 nitrogen and oxygen atoms in total. The van der Waals surface area contributed by atoms with Gasteiger partial charge >= 0.3 is 0 Å². The van der Waals surface area contributed by atoms with Gasteiger partial charge in [-0.05, 0) is 13.0 Å². The minimum Gasteiger partial charge on any atom is -0.394 e. The molecule has 3 atom stereocenters. The first-order valence-electron chi connectivity index (χ1n) is 4.51. The van der Waals surface area contributed by atoms with E-state index in [-0.39, 0.29) is 5.69 Å². The standard InChI is InChI=1S/C9H14N2O4/c1-5-10-3-2-6(11-5)8(14)9(15)7(13)4-12/h2-3,7-9,12-15H,4H2,1H3/t7-,8-,9-/m1/s1. The lowest BCUT2D eigenvalue weighted by Crippen LogP contribution is -2.35. The zero-order valence-corrected chi connectivity index (χ0v) is 8.28. The number of rotatable bonds is 4. The number of hydrogen-bond donors (Lipinski definition) is 4. The molecular weight excluding hydrogens is 200 g/mol. The largest absolute Gasteiger partial charge is 0.394 e. The molecule has 1 aromatic rings. The normalized spacial score (nSPS) is 17.1. The van der Waals surface area contributed by atoms with Gasteiger partial charge in [0.15, 0.2) is 0 Å². The van der Waals surface area contributed by atoms with Gasteiger partial charge in [-0.3, -0.25) is 0 Å². The van der Waals surface area contributed by atoms with Crippen LogP contribution in [0.3, 0.4) is 0 Å². The van der Waals surface area contributed by atoms with E-state index in [0.29, 0.717) is 5.82 Å². The predicted molar refractivity (Wildman–Crippen MR) is 50.8 cm³/mol. The van der Waals surface area contributed by atoms with Crippen molar-refractivity contribution in [3.8, 4) is 0 Å². The molecule has 1 heterocycles. The van der Waals surface area contributed by atoms with Gasteiger partial charge in [0.1, 0.15) is 24.1 Å². The van der Waals surface area contributed by atoms with Gasteiger partial charge in [0.25, 0.3) is 0 Å². The Bertz CT molecular complexity index is 321. The fraction of sp³-hybridized carbons (Fsp3) is 0.556. The third kappa shape index (κ3) is 2.93. The minimum absolute atomic E-state index is 0.211. The average molecular weight is 214 g/mol. The van der Waals surface area contributed by atoms with Gasteiger partial charge in [0, 0.05) is 6.20 Å². The van der Waals surface area contributed by atoms with Crippen LogP contribution in [0.2, 0.25) is 0 Å². The fourth-order valence-corrected chi connectivity index (χ4v) is 1.13. The van der Waals surface area contributed by atoms with Gasteiger partial charge in [0.2, 0.25) is 0 Å². The molecule has 0 bridgehead atoms. The lowest BCUT2D eigenvalue weighted by atomic mass is 10.1. The molecule has 0 aliphatic rings. The van der Waals surface area contributed by atoms with Crippen molar-refractivity contribution >= 4 is 0 Å². The van der Waals surface area contributed by atoms with Crippen molar-refractivity contribution in [2.75, 3.05) is 6.61 Å². The Balaban J connectivity index is 2.80. The zero-order valence-electron chi connectivity index (χ0n) is 8.28.